The first-order valence-corrected chi connectivity index (χ1v) is 6.02. The van der Waals surface area contributed by atoms with E-state index >= 15 is 0 Å². The first kappa shape index (κ1) is 10.9. The van der Waals surface area contributed by atoms with Gasteiger partial charge in [-0.05, 0) is 23.4 Å². The van der Waals surface area contributed by atoms with Crippen LogP contribution in [0.25, 0.3) is 28.2 Å². The summed E-state index contributed by atoms with van der Waals surface area (Å²) in [6.45, 7) is 0. The van der Waals surface area contributed by atoms with Gasteiger partial charge >= 0.3 is 0 Å². The summed E-state index contributed by atoms with van der Waals surface area (Å²) in [6.07, 6.45) is 3.30. The van der Waals surface area contributed by atoms with Gasteiger partial charge in [0, 0.05) is 17.8 Å². The molecule has 0 unspecified atom stereocenters. The van der Waals surface area contributed by atoms with Gasteiger partial charge in [0.2, 0.25) is 11.6 Å². The fourth-order valence-electron chi connectivity index (χ4n) is 2.23. The quantitative estimate of drug-likeness (QED) is 0.519. The molecule has 0 aliphatic rings. The Bertz CT molecular complexity index is 906. The molecule has 3 aromatic heterocycles. The largest absolute Gasteiger partial charge is 0.454 e. The lowest BCUT2D eigenvalue weighted by atomic mass is 10.2. The monoisotopic (exact) mass is 264 g/mol. The topological polar surface area (TPSA) is 72.8 Å². The smallest absolute Gasteiger partial charge is 0.236 e. The van der Waals surface area contributed by atoms with Crippen molar-refractivity contribution in [2.45, 2.75) is 0 Å². The van der Waals surface area contributed by atoms with Gasteiger partial charge in [-0.25, -0.2) is 9.97 Å². The average molecular weight is 264 g/mol. The number of para-hydroxylation sites is 1. The van der Waals surface area contributed by atoms with E-state index < -0.39 is 0 Å². The summed E-state index contributed by atoms with van der Waals surface area (Å²) in [4.78, 5) is 19.5. The van der Waals surface area contributed by atoms with Crippen molar-refractivity contribution in [2.24, 2.45) is 5.18 Å². The number of hydrogen-bond donors (Lipinski definition) is 0. The maximum atomic E-state index is 11.1. The molecule has 0 bridgehead atoms. The first-order chi connectivity index (χ1) is 9.86. The number of nitrogens with zero attached hydrogens (tertiary/aromatic N) is 4. The van der Waals surface area contributed by atoms with Crippen LogP contribution in [0.1, 0.15) is 0 Å². The van der Waals surface area contributed by atoms with Crippen molar-refractivity contribution >= 4 is 22.6 Å². The molecule has 0 spiro atoms. The summed E-state index contributed by atoms with van der Waals surface area (Å²) in [6, 6.07) is 11.2. The van der Waals surface area contributed by atoms with E-state index in [1.54, 1.807) is 18.5 Å². The van der Waals surface area contributed by atoms with E-state index in [1.807, 2.05) is 30.3 Å². The molecule has 0 saturated heterocycles. The lowest BCUT2D eigenvalue weighted by molar-refractivity contribution is 0.629. The van der Waals surface area contributed by atoms with Gasteiger partial charge in [-0.2, -0.15) is 0 Å². The Morgan fingerprint density at radius 3 is 2.95 bits per heavy atom. The third kappa shape index (κ3) is 1.45. The van der Waals surface area contributed by atoms with Crippen LogP contribution in [0.15, 0.2) is 58.4 Å². The number of benzene rings is 1. The minimum atomic E-state index is 0.187. The van der Waals surface area contributed by atoms with E-state index in [9.17, 15) is 4.91 Å². The molecule has 96 valence electrons. The standard InChI is InChI=1S/C14H8N4O2/c19-17-13-12(16-14-15-6-3-7-18(13)14)11-8-9-4-1-2-5-10(9)20-11/h1-8H. The van der Waals surface area contributed by atoms with E-state index in [0.717, 1.165) is 11.0 Å². The second-order valence-electron chi connectivity index (χ2n) is 4.31. The number of rotatable bonds is 2. The second kappa shape index (κ2) is 3.99. The molecule has 6 heteroatoms. The maximum absolute atomic E-state index is 11.1. The fourth-order valence-corrected chi connectivity index (χ4v) is 2.23. The Morgan fingerprint density at radius 1 is 1.20 bits per heavy atom. The number of aromatic nitrogens is 3. The SMILES string of the molecule is O=Nc1c(-c2cc3ccccc3o2)nc2ncccn12. The van der Waals surface area contributed by atoms with Crippen LogP contribution in [-0.4, -0.2) is 14.4 Å². The predicted octanol–water partition coefficient (Wildman–Crippen LogP) is 3.54. The van der Waals surface area contributed by atoms with Crippen molar-refractivity contribution in [1.82, 2.24) is 14.4 Å². The molecule has 0 N–H and O–H groups in total. The molecule has 4 aromatic rings. The summed E-state index contributed by atoms with van der Waals surface area (Å²) in [5.41, 5.74) is 1.14. The molecular weight excluding hydrogens is 256 g/mol. The summed E-state index contributed by atoms with van der Waals surface area (Å²) in [5.74, 6) is 1.11. The van der Waals surface area contributed by atoms with Crippen LogP contribution in [0.2, 0.25) is 0 Å². The lowest BCUT2D eigenvalue weighted by Crippen LogP contribution is -1.84. The van der Waals surface area contributed by atoms with Crippen LogP contribution in [0.3, 0.4) is 0 Å². The molecule has 3 heterocycles. The van der Waals surface area contributed by atoms with Crippen LogP contribution in [0.5, 0.6) is 0 Å². The summed E-state index contributed by atoms with van der Waals surface area (Å²) >= 11 is 0. The van der Waals surface area contributed by atoms with Gasteiger partial charge in [0.1, 0.15) is 5.58 Å². The Labute approximate surface area is 112 Å². The zero-order chi connectivity index (χ0) is 13.5. The highest BCUT2D eigenvalue weighted by Crippen LogP contribution is 2.33. The van der Waals surface area contributed by atoms with Crippen molar-refractivity contribution < 1.29 is 4.42 Å². The Hall–Kier alpha value is -3.02. The van der Waals surface area contributed by atoms with Gasteiger partial charge < -0.3 is 4.42 Å². The zero-order valence-electron chi connectivity index (χ0n) is 10.2. The molecule has 0 fully saturated rings. The third-order valence-corrected chi connectivity index (χ3v) is 3.12. The van der Waals surface area contributed by atoms with Gasteiger partial charge in [0.05, 0.1) is 0 Å². The van der Waals surface area contributed by atoms with E-state index in [4.69, 9.17) is 4.42 Å². The maximum Gasteiger partial charge on any atom is 0.236 e. The third-order valence-electron chi connectivity index (χ3n) is 3.12. The number of furan rings is 1. The normalized spacial score (nSPS) is 11.2. The molecule has 20 heavy (non-hydrogen) atoms. The fraction of sp³-hybridized carbons (Fsp3) is 0. The summed E-state index contributed by atoms with van der Waals surface area (Å²) in [5, 5.41) is 4.00. The highest BCUT2D eigenvalue weighted by Gasteiger charge is 2.18. The minimum Gasteiger partial charge on any atom is -0.454 e. The minimum absolute atomic E-state index is 0.187. The molecule has 0 atom stereocenters. The number of hydrogen-bond acceptors (Lipinski definition) is 5. The van der Waals surface area contributed by atoms with Crippen molar-refractivity contribution in [3.05, 3.63) is 53.7 Å². The highest BCUT2D eigenvalue weighted by atomic mass is 16.3. The molecule has 1 aromatic carbocycles. The van der Waals surface area contributed by atoms with Gasteiger partial charge in [-0.1, -0.05) is 18.2 Å². The molecule has 4 rings (SSSR count). The van der Waals surface area contributed by atoms with Crippen LogP contribution in [0.4, 0.5) is 5.82 Å². The van der Waals surface area contributed by atoms with Crippen LogP contribution in [0, 0.1) is 4.91 Å². The van der Waals surface area contributed by atoms with Crippen LogP contribution in [-0.2, 0) is 0 Å². The van der Waals surface area contributed by atoms with Crippen molar-refractivity contribution in [3.63, 3.8) is 0 Å². The molecule has 0 radical (unpaired) electrons. The van der Waals surface area contributed by atoms with E-state index in [2.05, 4.69) is 15.1 Å². The second-order valence-corrected chi connectivity index (χ2v) is 4.31. The molecule has 0 amide bonds. The zero-order valence-corrected chi connectivity index (χ0v) is 10.2. The van der Waals surface area contributed by atoms with Crippen LogP contribution < -0.4 is 0 Å². The van der Waals surface area contributed by atoms with Gasteiger partial charge in [0.15, 0.2) is 11.5 Å². The number of imidazole rings is 1. The summed E-state index contributed by atoms with van der Waals surface area (Å²) in [7, 11) is 0. The van der Waals surface area contributed by atoms with Crippen molar-refractivity contribution in [2.75, 3.05) is 0 Å². The molecule has 0 saturated carbocycles. The van der Waals surface area contributed by atoms with Gasteiger partial charge in [-0.15, -0.1) is 4.91 Å². The average Bonchev–Trinajstić information content (AvgIpc) is 3.07. The number of nitroso groups, excluding NO2 is 1. The molecular formula is C14H8N4O2. The van der Waals surface area contributed by atoms with E-state index in [1.165, 1.54) is 4.40 Å². The van der Waals surface area contributed by atoms with Gasteiger partial charge in [-0.3, -0.25) is 4.40 Å². The Balaban J connectivity index is 2.03. The van der Waals surface area contributed by atoms with E-state index in [0.29, 0.717) is 17.2 Å². The Morgan fingerprint density at radius 2 is 2.10 bits per heavy atom. The van der Waals surface area contributed by atoms with Crippen molar-refractivity contribution in [1.29, 1.82) is 0 Å². The number of fused-ring (bicyclic) bond motifs is 2. The predicted molar refractivity (Wildman–Crippen MR) is 73.7 cm³/mol. The highest BCUT2D eigenvalue weighted by molar-refractivity contribution is 5.84. The molecule has 0 aliphatic carbocycles. The lowest BCUT2D eigenvalue weighted by Gasteiger charge is -1.92. The molecule has 0 aliphatic heterocycles. The van der Waals surface area contributed by atoms with Gasteiger partial charge in [0.25, 0.3) is 0 Å². The summed E-state index contributed by atoms with van der Waals surface area (Å²) < 4.78 is 7.26. The van der Waals surface area contributed by atoms with Crippen molar-refractivity contribution in [3.8, 4) is 11.5 Å². The molecule has 6 nitrogen and oxygen atoms in total. The first-order valence-electron chi connectivity index (χ1n) is 6.02. The Kier molecular flexibility index (Phi) is 2.17. The van der Waals surface area contributed by atoms with Crippen LogP contribution >= 0.6 is 0 Å². The van der Waals surface area contributed by atoms with E-state index in [-0.39, 0.29) is 5.82 Å².